The maximum Gasteiger partial charge on any atom is 0.128 e. The van der Waals surface area contributed by atoms with Gasteiger partial charge in [0, 0.05) is 13.2 Å². The first-order valence-corrected chi connectivity index (χ1v) is 6.05. The molecule has 1 aromatic rings. The van der Waals surface area contributed by atoms with E-state index in [1.54, 1.807) is 13.0 Å². The smallest absolute Gasteiger partial charge is 0.128 e. The Labute approximate surface area is 102 Å². The third-order valence-electron chi connectivity index (χ3n) is 2.73. The van der Waals surface area contributed by atoms with E-state index < -0.39 is 0 Å². The van der Waals surface area contributed by atoms with Gasteiger partial charge in [-0.3, -0.25) is 0 Å². The predicted molar refractivity (Wildman–Crippen MR) is 69.6 cm³/mol. The molecule has 17 heavy (non-hydrogen) atoms. The molecule has 3 nitrogen and oxygen atoms in total. The molecule has 0 unspecified atom stereocenters. The summed E-state index contributed by atoms with van der Waals surface area (Å²) >= 11 is 0. The molecule has 0 aliphatic rings. The van der Waals surface area contributed by atoms with Gasteiger partial charge in [0.25, 0.3) is 0 Å². The second kappa shape index (κ2) is 7.12. The molecule has 0 fully saturated rings. The van der Waals surface area contributed by atoms with Crippen LogP contribution in [-0.4, -0.2) is 18.3 Å². The average molecular weight is 240 g/mol. The molecule has 96 valence electrons. The van der Waals surface area contributed by atoms with Gasteiger partial charge < -0.3 is 16.2 Å². The van der Waals surface area contributed by atoms with Crippen LogP contribution < -0.4 is 11.1 Å². The number of hydrogen-bond acceptors (Lipinski definition) is 3. The highest BCUT2D eigenvalue weighted by Crippen LogP contribution is 2.22. The molecule has 0 saturated heterocycles. The van der Waals surface area contributed by atoms with Crippen LogP contribution in [0.2, 0.25) is 0 Å². The summed E-state index contributed by atoms with van der Waals surface area (Å²) in [6.45, 7) is 2.80. The van der Waals surface area contributed by atoms with Crippen molar-refractivity contribution in [3.8, 4) is 0 Å². The Balaban J connectivity index is 2.34. The van der Waals surface area contributed by atoms with E-state index in [9.17, 15) is 4.39 Å². The number of nitrogen functional groups attached to an aromatic ring is 1. The van der Waals surface area contributed by atoms with Crippen LogP contribution in [-0.2, 0) is 0 Å². The van der Waals surface area contributed by atoms with Crippen molar-refractivity contribution in [3.05, 3.63) is 23.5 Å². The first kappa shape index (κ1) is 13.8. The summed E-state index contributed by atoms with van der Waals surface area (Å²) in [5.41, 5.74) is 7.56. The van der Waals surface area contributed by atoms with Gasteiger partial charge in [0.15, 0.2) is 0 Å². The zero-order valence-corrected chi connectivity index (χ0v) is 10.3. The number of nitrogens with two attached hydrogens (primary N) is 1. The maximum absolute atomic E-state index is 13.2. The number of benzene rings is 1. The topological polar surface area (TPSA) is 58.3 Å². The Morgan fingerprint density at radius 2 is 1.94 bits per heavy atom. The van der Waals surface area contributed by atoms with Crippen molar-refractivity contribution < 1.29 is 9.50 Å². The van der Waals surface area contributed by atoms with Crippen LogP contribution >= 0.6 is 0 Å². The van der Waals surface area contributed by atoms with Crippen molar-refractivity contribution >= 4 is 11.4 Å². The lowest BCUT2D eigenvalue weighted by atomic mass is 10.1. The number of rotatable bonds is 7. The summed E-state index contributed by atoms with van der Waals surface area (Å²) in [5, 5.41) is 11.8. The standard InChI is InChI=1S/C13H21FN2O/c1-10-8-13(12(15)9-11(10)14)16-6-4-2-3-5-7-17/h8-9,16-17H,2-7,15H2,1H3. The molecular weight excluding hydrogens is 219 g/mol. The normalized spacial score (nSPS) is 10.5. The molecule has 4 heteroatoms. The Kier molecular flexibility index (Phi) is 5.77. The molecule has 0 bridgehead atoms. The quantitative estimate of drug-likeness (QED) is 0.507. The minimum Gasteiger partial charge on any atom is -0.397 e. The fourth-order valence-electron chi connectivity index (χ4n) is 1.66. The second-order valence-electron chi connectivity index (χ2n) is 4.25. The fourth-order valence-corrected chi connectivity index (χ4v) is 1.66. The van der Waals surface area contributed by atoms with Gasteiger partial charge in [-0.15, -0.1) is 0 Å². The van der Waals surface area contributed by atoms with Gasteiger partial charge in [-0.25, -0.2) is 4.39 Å². The number of anilines is 2. The Morgan fingerprint density at radius 1 is 1.24 bits per heavy atom. The highest BCUT2D eigenvalue weighted by molar-refractivity contribution is 5.67. The highest BCUT2D eigenvalue weighted by atomic mass is 19.1. The molecule has 0 spiro atoms. The van der Waals surface area contributed by atoms with Crippen LogP contribution in [0.3, 0.4) is 0 Å². The molecule has 4 N–H and O–H groups in total. The molecular formula is C13H21FN2O. The number of halogens is 1. The van der Waals surface area contributed by atoms with E-state index in [0.29, 0.717) is 11.3 Å². The molecule has 0 atom stereocenters. The number of unbranched alkanes of at least 4 members (excludes halogenated alkanes) is 3. The van der Waals surface area contributed by atoms with E-state index >= 15 is 0 Å². The molecule has 0 aliphatic heterocycles. The molecule has 0 saturated carbocycles. The summed E-state index contributed by atoms with van der Waals surface area (Å²) in [5.74, 6) is -0.268. The van der Waals surface area contributed by atoms with Gasteiger partial charge in [-0.05, 0) is 37.5 Å². The first-order chi connectivity index (χ1) is 8.15. The van der Waals surface area contributed by atoms with E-state index in [2.05, 4.69) is 5.32 Å². The van der Waals surface area contributed by atoms with Crippen LogP contribution in [0.15, 0.2) is 12.1 Å². The van der Waals surface area contributed by atoms with Crippen LogP contribution in [0.1, 0.15) is 31.2 Å². The first-order valence-electron chi connectivity index (χ1n) is 6.05. The number of hydrogen-bond donors (Lipinski definition) is 3. The summed E-state index contributed by atoms with van der Waals surface area (Å²) in [6.07, 6.45) is 4.00. The third kappa shape index (κ3) is 4.61. The van der Waals surface area contributed by atoms with Gasteiger partial charge in [-0.2, -0.15) is 0 Å². The predicted octanol–water partition coefficient (Wildman–Crippen LogP) is 2.68. The van der Waals surface area contributed by atoms with Crippen molar-refractivity contribution in [1.29, 1.82) is 0 Å². The lowest BCUT2D eigenvalue weighted by Gasteiger charge is -2.10. The lowest BCUT2D eigenvalue weighted by molar-refractivity contribution is 0.283. The largest absolute Gasteiger partial charge is 0.397 e. The second-order valence-corrected chi connectivity index (χ2v) is 4.25. The molecule has 0 aromatic heterocycles. The van der Waals surface area contributed by atoms with Crippen LogP contribution in [0.5, 0.6) is 0 Å². The van der Waals surface area contributed by atoms with Gasteiger partial charge in [0.05, 0.1) is 11.4 Å². The summed E-state index contributed by atoms with van der Waals surface area (Å²) in [7, 11) is 0. The lowest BCUT2D eigenvalue weighted by Crippen LogP contribution is -2.05. The van der Waals surface area contributed by atoms with E-state index in [4.69, 9.17) is 10.8 Å². The van der Waals surface area contributed by atoms with Crippen molar-refractivity contribution in [3.63, 3.8) is 0 Å². The Hall–Kier alpha value is -1.29. The van der Waals surface area contributed by atoms with E-state index in [-0.39, 0.29) is 12.4 Å². The number of nitrogens with one attached hydrogen (secondary N) is 1. The fraction of sp³-hybridized carbons (Fsp3) is 0.538. The van der Waals surface area contributed by atoms with Gasteiger partial charge in [0.1, 0.15) is 5.82 Å². The average Bonchev–Trinajstić information content (AvgIpc) is 2.30. The van der Waals surface area contributed by atoms with Crippen LogP contribution in [0.4, 0.5) is 15.8 Å². The highest BCUT2D eigenvalue weighted by Gasteiger charge is 2.03. The summed E-state index contributed by atoms with van der Waals surface area (Å²) in [6, 6.07) is 3.09. The molecule has 0 heterocycles. The zero-order chi connectivity index (χ0) is 12.7. The summed E-state index contributed by atoms with van der Waals surface area (Å²) in [4.78, 5) is 0. The monoisotopic (exact) mass is 240 g/mol. The molecule has 1 aromatic carbocycles. The van der Waals surface area contributed by atoms with Gasteiger partial charge in [0.2, 0.25) is 0 Å². The summed E-state index contributed by atoms with van der Waals surface area (Å²) < 4.78 is 13.2. The molecule has 0 aliphatic carbocycles. The number of aliphatic hydroxyl groups is 1. The van der Waals surface area contributed by atoms with E-state index in [0.717, 1.165) is 37.9 Å². The van der Waals surface area contributed by atoms with E-state index in [1.807, 2.05) is 0 Å². The zero-order valence-electron chi connectivity index (χ0n) is 10.3. The SMILES string of the molecule is Cc1cc(NCCCCCCO)c(N)cc1F. The maximum atomic E-state index is 13.2. The molecule has 1 rings (SSSR count). The Bertz CT molecular complexity index is 356. The van der Waals surface area contributed by atoms with Crippen molar-refractivity contribution in [2.45, 2.75) is 32.6 Å². The van der Waals surface area contributed by atoms with Crippen molar-refractivity contribution in [1.82, 2.24) is 0 Å². The molecule has 0 amide bonds. The minimum atomic E-state index is -0.268. The Morgan fingerprint density at radius 3 is 2.65 bits per heavy atom. The van der Waals surface area contributed by atoms with E-state index in [1.165, 1.54) is 6.07 Å². The van der Waals surface area contributed by atoms with Gasteiger partial charge in [-0.1, -0.05) is 12.8 Å². The van der Waals surface area contributed by atoms with Crippen LogP contribution in [0, 0.1) is 12.7 Å². The number of aryl methyl sites for hydroxylation is 1. The van der Waals surface area contributed by atoms with Crippen molar-refractivity contribution in [2.75, 3.05) is 24.2 Å². The van der Waals surface area contributed by atoms with Crippen molar-refractivity contribution in [2.24, 2.45) is 0 Å². The van der Waals surface area contributed by atoms with Gasteiger partial charge >= 0.3 is 0 Å². The minimum absolute atomic E-state index is 0.261. The van der Waals surface area contributed by atoms with Crippen LogP contribution in [0.25, 0.3) is 0 Å². The third-order valence-corrected chi connectivity index (χ3v) is 2.73. The molecule has 0 radical (unpaired) electrons. The number of aliphatic hydroxyl groups excluding tert-OH is 1.